The van der Waals surface area contributed by atoms with Crippen molar-refractivity contribution in [1.29, 1.82) is 0 Å². The molecule has 4 nitrogen and oxygen atoms in total. The molecule has 0 saturated carbocycles. The lowest BCUT2D eigenvalue weighted by Crippen LogP contribution is -2.44. The predicted molar refractivity (Wildman–Crippen MR) is 71.5 cm³/mol. The van der Waals surface area contributed by atoms with Crippen molar-refractivity contribution in [2.24, 2.45) is 0 Å². The molecule has 1 saturated heterocycles. The lowest BCUT2D eigenvalue weighted by atomic mass is 10.1. The molecule has 1 fully saturated rings. The number of aromatic nitrogens is 2. The fourth-order valence-electron chi connectivity index (χ4n) is 2.14. The van der Waals surface area contributed by atoms with Crippen LogP contribution in [0.1, 0.15) is 17.0 Å². The van der Waals surface area contributed by atoms with Gasteiger partial charge in [0.1, 0.15) is 0 Å². The van der Waals surface area contributed by atoms with Gasteiger partial charge in [-0.05, 0) is 13.1 Å². The first-order valence-electron chi connectivity index (χ1n) is 5.97. The van der Waals surface area contributed by atoms with Gasteiger partial charge in [0.25, 0.3) is 0 Å². The highest BCUT2D eigenvalue weighted by molar-refractivity contribution is 5.62. The lowest BCUT2D eigenvalue weighted by Gasteiger charge is -2.32. The molecule has 0 atom stereocenters. The number of rotatable bonds is 4. The number of nitrogens with zero attached hydrogens (tertiary/aromatic N) is 3. The molecule has 1 aromatic heterocycles. The smallest absolute Gasteiger partial charge is 0.0918 e. The van der Waals surface area contributed by atoms with Crippen LogP contribution in [0.15, 0.2) is 13.2 Å². The molecule has 0 amide bonds. The van der Waals surface area contributed by atoms with Crippen molar-refractivity contribution in [2.75, 3.05) is 33.2 Å². The largest absolute Gasteiger partial charge is 0.304 e. The van der Waals surface area contributed by atoms with Crippen molar-refractivity contribution in [3.8, 4) is 0 Å². The van der Waals surface area contributed by atoms with E-state index in [1.165, 1.54) is 0 Å². The summed E-state index contributed by atoms with van der Waals surface area (Å²) in [6, 6.07) is 0. The third kappa shape index (κ3) is 2.65. The van der Waals surface area contributed by atoms with E-state index in [-0.39, 0.29) is 0 Å². The second kappa shape index (κ2) is 5.29. The van der Waals surface area contributed by atoms with Crippen LogP contribution >= 0.6 is 0 Å². The zero-order valence-electron chi connectivity index (χ0n) is 10.4. The third-order valence-electron chi connectivity index (χ3n) is 3.29. The number of likely N-dealkylation sites (N-methyl/N-ethyl adjacent to an activating group) is 1. The quantitative estimate of drug-likeness (QED) is 0.853. The van der Waals surface area contributed by atoms with Gasteiger partial charge in [-0.25, -0.2) is 0 Å². The van der Waals surface area contributed by atoms with Crippen LogP contribution < -0.4 is 0 Å². The van der Waals surface area contributed by atoms with Crippen molar-refractivity contribution in [2.45, 2.75) is 6.54 Å². The average Bonchev–Trinajstić information content (AvgIpc) is 2.74. The minimum Gasteiger partial charge on any atom is -0.304 e. The number of nitrogens with one attached hydrogen (secondary N) is 1. The van der Waals surface area contributed by atoms with Crippen LogP contribution in [0.4, 0.5) is 0 Å². The van der Waals surface area contributed by atoms with E-state index in [1.807, 2.05) is 6.08 Å². The van der Waals surface area contributed by atoms with Gasteiger partial charge < -0.3 is 4.90 Å². The molecule has 92 valence electrons. The van der Waals surface area contributed by atoms with Crippen LogP contribution in [0.2, 0.25) is 0 Å². The number of hydrogen-bond donors (Lipinski definition) is 1. The molecule has 2 heterocycles. The second-order valence-electron chi connectivity index (χ2n) is 4.49. The molecular weight excluding hydrogens is 212 g/mol. The Bertz CT molecular complexity index is 400. The van der Waals surface area contributed by atoms with Crippen LogP contribution in [-0.2, 0) is 6.54 Å². The first-order chi connectivity index (χ1) is 8.24. The van der Waals surface area contributed by atoms with E-state index in [9.17, 15) is 0 Å². The van der Waals surface area contributed by atoms with Gasteiger partial charge in [0.15, 0.2) is 0 Å². The van der Waals surface area contributed by atoms with Crippen LogP contribution in [0, 0.1) is 0 Å². The van der Waals surface area contributed by atoms with Crippen molar-refractivity contribution in [3.05, 3.63) is 30.1 Å². The summed E-state index contributed by atoms with van der Waals surface area (Å²) in [7, 11) is 2.17. The molecule has 1 aromatic rings. The second-order valence-corrected chi connectivity index (χ2v) is 4.49. The molecule has 4 heteroatoms. The zero-order chi connectivity index (χ0) is 12.3. The van der Waals surface area contributed by atoms with E-state index in [1.54, 1.807) is 6.08 Å². The highest BCUT2D eigenvalue weighted by Crippen LogP contribution is 2.16. The Kier molecular flexibility index (Phi) is 3.76. The Balaban J connectivity index is 2.05. The predicted octanol–water partition coefficient (Wildman–Crippen LogP) is 1.44. The topological polar surface area (TPSA) is 35.2 Å². The molecule has 17 heavy (non-hydrogen) atoms. The molecule has 1 aliphatic heterocycles. The molecule has 1 N–H and O–H groups in total. The Hall–Kier alpha value is -1.39. The zero-order valence-corrected chi connectivity index (χ0v) is 10.4. The molecule has 2 rings (SSSR count). The Labute approximate surface area is 103 Å². The normalized spacial score (nSPS) is 18.2. The summed E-state index contributed by atoms with van der Waals surface area (Å²) >= 11 is 0. The summed E-state index contributed by atoms with van der Waals surface area (Å²) in [6.45, 7) is 13.0. The average molecular weight is 232 g/mol. The van der Waals surface area contributed by atoms with E-state index in [0.29, 0.717) is 0 Å². The minimum absolute atomic E-state index is 0.893. The van der Waals surface area contributed by atoms with Gasteiger partial charge >= 0.3 is 0 Å². The number of aromatic amines is 1. The van der Waals surface area contributed by atoms with Crippen LogP contribution in [0.5, 0.6) is 0 Å². The van der Waals surface area contributed by atoms with Gasteiger partial charge in [0.2, 0.25) is 0 Å². The van der Waals surface area contributed by atoms with Gasteiger partial charge in [0, 0.05) is 38.3 Å². The number of hydrogen-bond acceptors (Lipinski definition) is 3. The van der Waals surface area contributed by atoms with Crippen molar-refractivity contribution in [1.82, 2.24) is 20.0 Å². The Morgan fingerprint density at radius 3 is 2.53 bits per heavy atom. The van der Waals surface area contributed by atoms with E-state index in [0.717, 1.165) is 49.7 Å². The molecular formula is C13H20N4. The van der Waals surface area contributed by atoms with Gasteiger partial charge in [-0.3, -0.25) is 10.00 Å². The summed E-state index contributed by atoms with van der Waals surface area (Å²) in [4.78, 5) is 4.79. The molecule has 0 unspecified atom stereocenters. The fourth-order valence-corrected chi connectivity index (χ4v) is 2.14. The van der Waals surface area contributed by atoms with Crippen molar-refractivity contribution >= 4 is 12.2 Å². The summed E-state index contributed by atoms with van der Waals surface area (Å²) in [5.74, 6) is 0. The molecule has 0 aromatic carbocycles. The first-order valence-corrected chi connectivity index (χ1v) is 5.97. The highest BCUT2D eigenvalue weighted by Gasteiger charge is 2.16. The fraction of sp³-hybridized carbons (Fsp3) is 0.462. The first kappa shape index (κ1) is 12.1. The Morgan fingerprint density at radius 2 is 1.94 bits per heavy atom. The van der Waals surface area contributed by atoms with Crippen LogP contribution in [0.25, 0.3) is 12.2 Å². The van der Waals surface area contributed by atoms with Gasteiger partial charge in [-0.2, -0.15) is 5.10 Å². The number of H-pyrrole nitrogens is 1. The molecule has 0 aliphatic carbocycles. The van der Waals surface area contributed by atoms with E-state index < -0.39 is 0 Å². The standard InChI is InChI=1S/C13H20N4/c1-4-11-12(5-2)14-15-13(11)10-17-8-6-16(3)7-9-17/h4-5H,1-2,6-10H2,3H3,(H,14,15). The SMILES string of the molecule is C=Cc1n[nH]c(CN2CCN(C)CC2)c1C=C. The van der Waals surface area contributed by atoms with Gasteiger partial charge in [-0.1, -0.05) is 19.2 Å². The molecule has 0 spiro atoms. The van der Waals surface area contributed by atoms with E-state index in [2.05, 4.69) is 40.2 Å². The molecule has 0 radical (unpaired) electrons. The van der Waals surface area contributed by atoms with Crippen molar-refractivity contribution < 1.29 is 0 Å². The maximum absolute atomic E-state index is 4.23. The minimum atomic E-state index is 0.893. The highest BCUT2D eigenvalue weighted by atomic mass is 15.3. The van der Waals surface area contributed by atoms with Crippen LogP contribution in [0.3, 0.4) is 0 Å². The lowest BCUT2D eigenvalue weighted by molar-refractivity contribution is 0.147. The summed E-state index contributed by atoms with van der Waals surface area (Å²) in [5, 5.41) is 7.32. The molecule has 0 bridgehead atoms. The van der Waals surface area contributed by atoms with Crippen LogP contribution in [-0.4, -0.2) is 53.2 Å². The maximum Gasteiger partial charge on any atom is 0.0918 e. The summed E-state index contributed by atoms with van der Waals surface area (Å²) in [5.41, 5.74) is 3.11. The maximum atomic E-state index is 4.23. The van der Waals surface area contributed by atoms with Crippen molar-refractivity contribution in [3.63, 3.8) is 0 Å². The van der Waals surface area contributed by atoms with E-state index >= 15 is 0 Å². The Morgan fingerprint density at radius 1 is 1.24 bits per heavy atom. The van der Waals surface area contributed by atoms with E-state index in [4.69, 9.17) is 0 Å². The van der Waals surface area contributed by atoms with Gasteiger partial charge in [0.05, 0.1) is 11.4 Å². The number of piperazine rings is 1. The summed E-state index contributed by atoms with van der Waals surface area (Å²) in [6.07, 6.45) is 3.62. The summed E-state index contributed by atoms with van der Waals surface area (Å²) < 4.78 is 0. The third-order valence-corrected chi connectivity index (χ3v) is 3.29. The monoisotopic (exact) mass is 232 g/mol. The van der Waals surface area contributed by atoms with Gasteiger partial charge in [-0.15, -0.1) is 0 Å². The molecule has 1 aliphatic rings.